The summed E-state index contributed by atoms with van der Waals surface area (Å²) in [6.45, 7) is 7.80. The van der Waals surface area contributed by atoms with E-state index in [9.17, 15) is 0 Å². The van der Waals surface area contributed by atoms with Crippen LogP contribution in [0.2, 0.25) is 0 Å². The van der Waals surface area contributed by atoms with E-state index in [1.54, 1.807) is 7.11 Å². The third-order valence-corrected chi connectivity index (χ3v) is 4.19. The van der Waals surface area contributed by atoms with Crippen molar-refractivity contribution in [3.8, 4) is 5.75 Å². The van der Waals surface area contributed by atoms with Crippen LogP contribution in [0.15, 0.2) is 22.7 Å². The van der Waals surface area contributed by atoms with Gasteiger partial charge in [-0.2, -0.15) is 0 Å². The van der Waals surface area contributed by atoms with Gasteiger partial charge in [0.2, 0.25) is 0 Å². The van der Waals surface area contributed by atoms with E-state index in [2.05, 4.69) is 54.2 Å². The maximum Gasteiger partial charge on any atom is 0.133 e. The summed E-state index contributed by atoms with van der Waals surface area (Å²) in [6, 6.07) is 6.91. The van der Waals surface area contributed by atoms with Gasteiger partial charge in [-0.1, -0.05) is 33.3 Å². The Hall–Kier alpha value is -0.540. The maximum absolute atomic E-state index is 5.28. The number of halogens is 1. The molecule has 1 aromatic rings. The van der Waals surface area contributed by atoms with Gasteiger partial charge in [-0.25, -0.2) is 0 Å². The van der Waals surface area contributed by atoms with Gasteiger partial charge in [-0.05, 0) is 58.9 Å². The summed E-state index contributed by atoms with van der Waals surface area (Å²) >= 11 is 3.56. The molecule has 0 radical (unpaired) electrons. The van der Waals surface area contributed by atoms with Crippen LogP contribution in [0, 0.1) is 5.92 Å². The average molecular weight is 328 g/mol. The summed E-state index contributed by atoms with van der Waals surface area (Å²) in [7, 11) is 1.70. The highest BCUT2D eigenvalue weighted by atomic mass is 79.9. The highest BCUT2D eigenvalue weighted by Crippen LogP contribution is 2.26. The van der Waals surface area contributed by atoms with Gasteiger partial charge in [0.1, 0.15) is 5.75 Å². The van der Waals surface area contributed by atoms with Crippen LogP contribution in [-0.4, -0.2) is 19.7 Å². The fourth-order valence-corrected chi connectivity index (χ4v) is 3.07. The van der Waals surface area contributed by atoms with Crippen molar-refractivity contribution in [2.24, 2.45) is 5.92 Å². The van der Waals surface area contributed by atoms with Crippen LogP contribution in [0.1, 0.15) is 39.2 Å². The number of nitrogens with one attached hydrogen (secondary N) is 1. The molecule has 1 N–H and O–H groups in total. The van der Waals surface area contributed by atoms with E-state index in [-0.39, 0.29) is 0 Å². The fourth-order valence-electron chi connectivity index (χ4n) is 2.48. The molecule has 2 nitrogen and oxygen atoms in total. The molecule has 0 heterocycles. The summed E-state index contributed by atoms with van der Waals surface area (Å²) in [5.74, 6) is 1.59. The molecule has 0 saturated carbocycles. The Morgan fingerprint density at radius 3 is 2.58 bits per heavy atom. The van der Waals surface area contributed by atoms with E-state index < -0.39 is 0 Å². The van der Waals surface area contributed by atoms with E-state index in [0.717, 1.165) is 23.2 Å². The molecule has 0 saturated heterocycles. The molecule has 0 fully saturated rings. The molecule has 2 unspecified atom stereocenters. The molecule has 108 valence electrons. The van der Waals surface area contributed by atoms with Gasteiger partial charge < -0.3 is 10.1 Å². The van der Waals surface area contributed by atoms with Crippen molar-refractivity contribution in [2.45, 2.75) is 46.1 Å². The molecular weight excluding hydrogens is 302 g/mol. The molecule has 2 atom stereocenters. The van der Waals surface area contributed by atoms with E-state index in [0.29, 0.717) is 12.0 Å². The zero-order chi connectivity index (χ0) is 14.3. The standard InChI is InChI=1S/C16H26BrNO/c1-5-7-12(3)15(18-6-2)11-13-8-9-16(19-4)14(17)10-13/h8-10,12,15,18H,5-7,11H2,1-4H3. The van der Waals surface area contributed by atoms with Gasteiger partial charge in [0.05, 0.1) is 11.6 Å². The Bertz CT molecular complexity index is 381. The van der Waals surface area contributed by atoms with E-state index in [4.69, 9.17) is 4.74 Å². The zero-order valence-electron chi connectivity index (χ0n) is 12.5. The molecule has 0 aliphatic rings. The lowest BCUT2D eigenvalue weighted by Gasteiger charge is -2.25. The van der Waals surface area contributed by atoms with Crippen molar-refractivity contribution >= 4 is 15.9 Å². The summed E-state index contributed by atoms with van der Waals surface area (Å²) < 4.78 is 6.31. The highest BCUT2D eigenvalue weighted by molar-refractivity contribution is 9.10. The summed E-state index contributed by atoms with van der Waals surface area (Å²) in [6.07, 6.45) is 3.59. The minimum Gasteiger partial charge on any atom is -0.496 e. The maximum atomic E-state index is 5.28. The number of rotatable bonds is 8. The van der Waals surface area contributed by atoms with E-state index in [1.807, 2.05) is 6.07 Å². The first kappa shape index (κ1) is 16.5. The molecule has 1 rings (SSSR count). The molecule has 0 aliphatic heterocycles. The van der Waals surface area contributed by atoms with E-state index in [1.165, 1.54) is 18.4 Å². The second-order valence-corrected chi connectivity index (χ2v) is 5.96. The molecule has 3 heteroatoms. The van der Waals surface area contributed by atoms with Crippen LogP contribution in [0.5, 0.6) is 5.75 Å². The third-order valence-electron chi connectivity index (χ3n) is 3.57. The summed E-state index contributed by atoms with van der Waals surface area (Å²) in [5.41, 5.74) is 1.35. The molecule has 19 heavy (non-hydrogen) atoms. The first-order valence-corrected chi connectivity index (χ1v) is 7.97. The smallest absolute Gasteiger partial charge is 0.133 e. The lowest BCUT2D eigenvalue weighted by molar-refractivity contribution is 0.357. The Balaban J connectivity index is 2.75. The highest BCUT2D eigenvalue weighted by Gasteiger charge is 2.16. The number of hydrogen-bond donors (Lipinski definition) is 1. The minimum absolute atomic E-state index is 0.547. The molecule has 1 aromatic carbocycles. The second-order valence-electron chi connectivity index (χ2n) is 5.10. The number of benzene rings is 1. The fraction of sp³-hybridized carbons (Fsp3) is 0.625. The van der Waals surface area contributed by atoms with Crippen molar-refractivity contribution in [3.63, 3.8) is 0 Å². The van der Waals surface area contributed by atoms with Gasteiger partial charge in [-0.15, -0.1) is 0 Å². The van der Waals surface area contributed by atoms with Gasteiger partial charge in [-0.3, -0.25) is 0 Å². The molecular formula is C16H26BrNO. The number of ether oxygens (including phenoxy) is 1. The summed E-state index contributed by atoms with van der Waals surface area (Å²) in [5, 5.41) is 3.62. The van der Waals surface area contributed by atoms with Gasteiger partial charge in [0.25, 0.3) is 0 Å². The molecule has 0 bridgehead atoms. The Labute approximate surface area is 126 Å². The molecule has 0 amide bonds. The third kappa shape index (κ3) is 5.15. The predicted molar refractivity (Wildman–Crippen MR) is 85.9 cm³/mol. The van der Waals surface area contributed by atoms with Crippen LogP contribution in [-0.2, 0) is 6.42 Å². The average Bonchev–Trinajstić information content (AvgIpc) is 2.39. The van der Waals surface area contributed by atoms with Crippen LogP contribution < -0.4 is 10.1 Å². The topological polar surface area (TPSA) is 21.3 Å². The quantitative estimate of drug-likeness (QED) is 0.763. The van der Waals surface area contributed by atoms with E-state index >= 15 is 0 Å². The van der Waals surface area contributed by atoms with Crippen molar-refractivity contribution in [2.75, 3.05) is 13.7 Å². The van der Waals surface area contributed by atoms with Gasteiger partial charge >= 0.3 is 0 Å². The van der Waals surface area contributed by atoms with Crippen molar-refractivity contribution < 1.29 is 4.74 Å². The lowest BCUT2D eigenvalue weighted by Crippen LogP contribution is -2.36. The summed E-state index contributed by atoms with van der Waals surface area (Å²) in [4.78, 5) is 0. The molecule has 0 spiro atoms. The number of methoxy groups -OCH3 is 1. The molecule has 0 aromatic heterocycles. The van der Waals surface area contributed by atoms with Crippen LogP contribution in [0.3, 0.4) is 0 Å². The Kier molecular flexibility index (Phi) is 7.47. The van der Waals surface area contributed by atoms with Gasteiger partial charge in [0.15, 0.2) is 0 Å². The van der Waals surface area contributed by atoms with Crippen molar-refractivity contribution in [1.29, 1.82) is 0 Å². The zero-order valence-corrected chi connectivity index (χ0v) is 14.1. The first-order chi connectivity index (χ1) is 9.12. The Morgan fingerprint density at radius 1 is 1.32 bits per heavy atom. The van der Waals surface area contributed by atoms with Crippen LogP contribution in [0.25, 0.3) is 0 Å². The monoisotopic (exact) mass is 327 g/mol. The van der Waals surface area contributed by atoms with Gasteiger partial charge in [0, 0.05) is 6.04 Å². The normalized spacial score (nSPS) is 14.2. The second kappa shape index (κ2) is 8.60. The van der Waals surface area contributed by atoms with Crippen LogP contribution >= 0.6 is 15.9 Å². The predicted octanol–water partition coefficient (Wildman–Crippen LogP) is 4.41. The SMILES string of the molecule is CCCC(C)C(Cc1ccc(OC)c(Br)c1)NCC. The van der Waals surface area contributed by atoms with Crippen molar-refractivity contribution in [3.05, 3.63) is 28.2 Å². The number of likely N-dealkylation sites (N-methyl/N-ethyl adjacent to an activating group) is 1. The van der Waals surface area contributed by atoms with Crippen LogP contribution in [0.4, 0.5) is 0 Å². The molecule has 0 aliphatic carbocycles. The van der Waals surface area contributed by atoms with Crippen molar-refractivity contribution in [1.82, 2.24) is 5.32 Å². The largest absolute Gasteiger partial charge is 0.496 e. The first-order valence-electron chi connectivity index (χ1n) is 7.18. The Morgan fingerprint density at radius 2 is 2.05 bits per heavy atom. The minimum atomic E-state index is 0.547. The number of hydrogen-bond acceptors (Lipinski definition) is 2. The lowest BCUT2D eigenvalue weighted by atomic mass is 9.91.